The van der Waals surface area contributed by atoms with Gasteiger partial charge in [0.2, 0.25) is 5.95 Å². The van der Waals surface area contributed by atoms with Gasteiger partial charge in [0, 0.05) is 26.2 Å². The molecule has 2 atom stereocenters. The predicted molar refractivity (Wildman–Crippen MR) is 84.1 cm³/mol. The number of aromatic nitrogens is 4. The van der Waals surface area contributed by atoms with Crippen molar-refractivity contribution in [3.8, 4) is 0 Å². The van der Waals surface area contributed by atoms with Crippen LogP contribution in [-0.4, -0.2) is 63.5 Å². The number of nitrogens with one attached hydrogen (secondary N) is 3. The Balaban J connectivity index is 1.49. The number of hydrogen-bond acceptors (Lipinski definition) is 6. The summed E-state index contributed by atoms with van der Waals surface area (Å²) >= 11 is 0. The van der Waals surface area contributed by atoms with Crippen LogP contribution in [0.15, 0.2) is 11.0 Å². The summed E-state index contributed by atoms with van der Waals surface area (Å²) in [5.74, 6) is 0.477. The van der Waals surface area contributed by atoms with Gasteiger partial charge < -0.3 is 10.1 Å². The van der Waals surface area contributed by atoms with Crippen molar-refractivity contribution in [1.29, 1.82) is 0 Å². The molecule has 1 aliphatic heterocycles. The molecule has 0 spiro atoms. The molecular weight excluding hydrogens is 284 g/mol. The summed E-state index contributed by atoms with van der Waals surface area (Å²) in [6.07, 6.45) is 3.03. The van der Waals surface area contributed by atoms with E-state index in [4.69, 9.17) is 4.74 Å². The standard InChI is InChI=1S/C14H22N6O2/c1-9-7-20(8-10(2)22-9)5-3-4-15-14-17-12-11(6-16-19-12)13(21)18-14/h6,9-10H,3-5,7-8H2,1-2H3,(H3,15,16,17,18,19,21). The van der Waals surface area contributed by atoms with Crippen molar-refractivity contribution < 1.29 is 4.74 Å². The summed E-state index contributed by atoms with van der Waals surface area (Å²) in [5.41, 5.74) is 0.319. The minimum atomic E-state index is -0.183. The Bertz CT molecular complexity index is 671. The van der Waals surface area contributed by atoms with Crippen molar-refractivity contribution >= 4 is 17.0 Å². The van der Waals surface area contributed by atoms with Crippen LogP contribution in [0.25, 0.3) is 11.0 Å². The second-order valence-corrected chi connectivity index (χ2v) is 5.84. The topological polar surface area (TPSA) is 98.9 Å². The van der Waals surface area contributed by atoms with E-state index in [1.165, 1.54) is 6.20 Å². The minimum Gasteiger partial charge on any atom is -0.373 e. The molecule has 8 heteroatoms. The van der Waals surface area contributed by atoms with Gasteiger partial charge in [-0.15, -0.1) is 0 Å². The normalized spacial score (nSPS) is 23.0. The first kappa shape index (κ1) is 15.0. The Hall–Kier alpha value is -1.93. The van der Waals surface area contributed by atoms with E-state index < -0.39 is 0 Å². The highest BCUT2D eigenvalue weighted by atomic mass is 16.5. The monoisotopic (exact) mass is 306 g/mol. The molecule has 120 valence electrons. The van der Waals surface area contributed by atoms with Crippen molar-refractivity contribution in [2.45, 2.75) is 32.5 Å². The zero-order valence-corrected chi connectivity index (χ0v) is 12.9. The van der Waals surface area contributed by atoms with Crippen LogP contribution in [0.2, 0.25) is 0 Å². The highest BCUT2D eigenvalue weighted by molar-refractivity contribution is 5.73. The fourth-order valence-electron chi connectivity index (χ4n) is 2.91. The van der Waals surface area contributed by atoms with Crippen LogP contribution in [-0.2, 0) is 4.74 Å². The number of anilines is 1. The Morgan fingerprint density at radius 3 is 2.95 bits per heavy atom. The molecule has 3 N–H and O–H groups in total. The highest BCUT2D eigenvalue weighted by Gasteiger charge is 2.21. The second kappa shape index (κ2) is 6.45. The maximum atomic E-state index is 11.8. The lowest BCUT2D eigenvalue weighted by molar-refractivity contribution is -0.0678. The first-order chi connectivity index (χ1) is 10.6. The van der Waals surface area contributed by atoms with Crippen LogP contribution >= 0.6 is 0 Å². The fraction of sp³-hybridized carbons (Fsp3) is 0.643. The largest absolute Gasteiger partial charge is 0.373 e. The van der Waals surface area contributed by atoms with Crippen molar-refractivity contribution in [2.75, 3.05) is 31.5 Å². The van der Waals surface area contributed by atoms with Crippen LogP contribution in [0.5, 0.6) is 0 Å². The molecule has 0 aliphatic carbocycles. The van der Waals surface area contributed by atoms with Crippen molar-refractivity contribution in [1.82, 2.24) is 25.1 Å². The van der Waals surface area contributed by atoms with Crippen LogP contribution in [0.1, 0.15) is 20.3 Å². The molecule has 0 radical (unpaired) electrons. The lowest BCUT2D eigenvalue weighted by atomic mass is 10.2. The van der Waals surface area contributed by atoms with Crippen LogP contribution in [0.3, 0.4) is 0 Å². The average Bonchev–Trinajstić information content (AvgIpc) is 2.91. The molecule has 8 nitrogen and oxygen atoms in total. The summed E-state index contributed by atoms with van der Waals surface area (Å²) in [5, 5.41) is 10.2. The maximum Gasteiger partial charge on any atom is 0.263 e. The maximum absolute atomic E-state index is 11.8. The molecule has 22 heavy (non-hydrogen) atoms. The summed E-state index contributed by atoms with van der Waals surface area (Å²) < 4.78 is 5.72. The molecule has 2 unspecified atom stereocenters. The number of aromatic amines is 2. The van der Waals surface area contributed by atoms with Gasteiger partial charge in [-0.3, -0.25) is 19.8 Å². The summed E-state index contributed by atoms with van der Waals surface area (Å²) in [6, 6.07) is 0. The van der Waals surface area contributed by atoms with Gasteiger partial charge in [-0.25, -0.2) is 0 Å². The third kappa shape index (κ3) is 3.45. The quantitative estimate of drug-likeness (QED) is 0.698. The second-order valence-electron chi connectivity index (χ2n) is 5.84. The van der Waals surface area contributed by atoms with Gasteiger partial charge in [0.1, 0.15) is 5.39 Å². The van der Waals surface area contributed by atoms with E-state index in [1.807, 2.05) is 0 Å². The van der Waals surface area contributed by atoms with E-state index in [-0.39, 0.29) is 17.8 Å². The van der Waals surface area contributed by atoms with Gasteiger partial charge in [-0.05, 0) is 20.3 Å². The first-order valence-electron chi connectivity index (χ1n) is 7.67. The van der Waals surface area contributed by atoms with E-state index in [0.29, 0.717) is 17.0 Å². The number of morpholine rings is 1. The van der Waals surface area contributed by atoms with Gasteiger partial charge in [0.15, 0.2) is 5.65 Å². The molecular formula is C14H22N6O2. The van der Waals surface area contributed by atoms with Crippen LogP contribution in [0.4, 0.5) is 5.95 Å². The summed E-state index contributed by atoms with van der Waals surface area (Å²) in [7, 11) is 0. The van der Waals surface area contributed by atoms with Crippen LogP contribution < -0.4 is 10.9 Å². The molecule has 0 amide bonds. The van der Waals surface area contributed by atoms with Crippen molar-refractivity contribution in [3.05, 3.63) is 16.6 Å². The molecule has 0 aromatic carbocycles. The Morgan fingerprint density at radius 1 is 1.41 bits per heavy atom. The summed E-state index contributed by atoms with van der Waals surface area (Å²) in [6.45, 7) is 7.91. The molecule has 1 saturated heterocycles. The van der Waals surface area contributed by atoms with E-state index >= 15 is 0 Å². The zero-order chi connectivity index (χ0) is 15.5. The number of ether oxygens (including phenoxy) is 1. The first-order valence-corrected chi connectivity index (χ1v) is 7.67. The van der Waals surface area contributed by atoms with E-state index in [2.05, 4.69) is 44.2 Å². The Labute approximate surface area is 128 Å². The Morgan fingerprint density at radius 2 is 2.18 bits per heavy atom. The fourth-order valence-corrected chi connectivity index (χ4v) is 2.91. The third-order valence-corrected chi connectivity index (χ3v) is 3.76. The zero-order valence-electron chi connectivity index (χ0n) is 12.9. The van der Waals surface area contributed by atoms with Crippen LogP contribution in [0, 0.1) is 0 Å². The van der Waals surface area contributed by atoms with E-state index in [1.54, 1.807) is 0 Å². The third-order valence-electron chi connectivity index (χ3n) is 3.76. The molecule has 0 bridgehead atoms. The number of rotatable bonds is 5. The van der Waals surface area contributed by atoms with Crippen molar-refractivity contribution in [3.63, 3.8) is 0 Å². The predicted octanol–water partition coefficient (Wildman–Crippen LogP) is 0.557. The SMILES string of the molecule is CC1CN(CCCNc2nc3[nH]ncc3c(=O)[nH]2)CC(C)O1. The van der Waals surface area contributed by atoms with Crippen molar-refractivity contribution in [2.24, 2.45) is 0 Å². The number of hydrogen-bond donors (Lipinski definition) is 3. The molecule has 1 aliphatic rings. The van der Waals surface area contributed by atoms with Gasteiger partial charge in [-0.1, -0.05) is 0 Å². The summed E-state index contributed by atoms with van der Waals surface area (Å²) in [4.78, 5) is 21.2. The lowest BCUT2D eigenvalue weighted by Crippen LogP contribution is -2.45. The van der Waals surface area contributed by atoms with Gasteiger partial charge >= 0.3 is 0 Å². The molecule has 0 saturated carbocycles. The minimum absolute atomic E-state index is 0.183. The smallest absolute Gasteiger partial charge is 0.263 e. The highest BCUT2D eigenvalue weighted by Crippen LogP contribution is 2.11. The average molecular weight is 306 g/mol. The number of nitrogens with zero attached hydrogens (tertiary/aromatic N) is 3. The van der Waals surface area contributed by atoms with Gasteiger partial charge in [0.05, 0.1) is 18.4 Å². The van der Waals surface area contributed by atoms with Gasteiger partial charge in [-0.2, -0.15) is 10.1 Å². The molecule has 2 aromatic rings. The number of fused-ring (bicyclic) bond motifs is 1. The van der Waals surface area contributed by atoms with Gasteiger partial charge in [0.25, 0.3) is 5.56 Å². The molecule has 3 rings (SSSR count). The Kier molecular flexibility index (Phi) is 4.39. The molecule has 1 fully saturated rings. The molecule has 3 heterocycles. The molecule has 2 aromatic heterocycles. The van der Waals surface area contributed by atoms with E-state index in [0.717, 1.165) is 32.6 Å². The lowest BCUT2D eigenvalue weighted by Gasteiger charge is -2.35. The van der Waals surface area contributed by atoms with E-state index in [9.17, 15) is 4.79 Å². The number of H-pyrrole nitrogens is 2.